The second kappa shape index (κ2) is 8.62. The third kappa shape index (κ3) is 6.58. The van der Waals surface area contributed by atoms with E-state index in [-0.39, 0.29) is 18.1 Å². The van der Waals surface area contributed by atoms with Crippen molar-refractivity contribution in [3.05, 3.63) is 24.9 Å². The van der Waals surface area contributed by atoms with Crippen LogP contribution in [0.4, 0.5) is 0 Å². The molecule has 21 heavy (non-hydrogen) atoms. The van der Waals surface area contributed by atoms with Crippen LogP contribution in [0, 0.1) is 0 Å². The van der Waals surface area contributed by atoms with Crippen LogP contribution in [0.3, 0.4) is 0 Å². The van der Waals surface area contributed by atoms with Gasteiger partial charge in [-0.25, -0.2) is 4.79 Å². The number of carbonyl (C=O) groups is 2. The molecule has 0 saturated carbocycles. The summed E-state index contributed by atoms with van der Waals surface area (Å²) in [7, 11) is 4.05. The van der Waals surface area contributed by atoms with Gasteiger partial charge in [-0.15, -0.1) is 0 Å². The predicted octanol–water partition coefficient (Wildman–Crippen LogP) is 2.30. The van der Waals surface area contributed by atoms with Crippen LogP contribution < -0.4 is 0 Å². The van der Waals surface area contributed by atoms with Crippen molar-refractivity contribution in [2.45, 2.75) is 39.8 Å². The first-order chi connectivity index (χ1) is 9.65. The Hall–Kier alpha value is -1.62. The highest BCUT2D eigenvalue weighted by atomic mass is 16.6. The highest BCUT2D eigenvalue weighted by Crippen LogP contribution is 2.09. The molecule has 5 nitrogen and oxygen atoms in total. The largest absolute Gasteiger partial charge is 0.409 e. The molecule has 1 heterocycles. The summed E-state index contributed by atoms with van der Waals surface area (Å²) in [5, 5.41) is 0. The van der Waals surface area contributed by atoms with E-state index >= 15 is 0 Å². The number of hydrogen-bond donors (Lipinski definition) is 0. The van der Waals surface area contributed by atoms with E-state index in [1.54, 1.807) is 18.0 Å². The second-order valence-electron chi connectivity index (χ2n) is 5.75. The van der Waals surface area contributed by atoms with Gasteiger partial charge in [0, 0.05) is 25.5 Å². The Kier molecular flexibility index (Phi) is 7.95. The summed E-state index contributed by atoms with van der Waals surface area (Å²) in [5.74, 6) is -0.104. The fourth-order valence-corrected chi connectivity index (χ4v) is 1.52. The Bertz CT molecular complexity index is 402. The Labute approximate surface area is 128 Å². The predicted molar refractivity (Wildman–Crippen MR) is 84.2 cm³/mol. The molecule has 0 aromatic carbocycles. The normalized spacial score (nSPS) is 15.9. The zero-order chi connectivity index (χ0) is 16.6. The summed E-state index contributed by atoms with van der Waals surface area (Å²) < 4.78 is 5.87. The maximum Gasteiger partial charge on any atom is 0.337 e. The first kappa shape index (κ1) is 19.4. The number of carbonyl (C=O) groups excluding carboxylic acids is 2. The van der Waals surface area contributed by atoms with Crippen LogP contribution in [0.1, 0.15) is 33.6 Å². The minimum Gasteiger partial charge on any atom is -0.409 e. The second-order valence-corrected chi connectivity index (χ2v) is 5.75. The summed E-state index contributed by atoms with van der Waals surface area (Å²) >= 11 is 0. The van der Waals surface area contributed by atoms with Crippen molar-refractivity contribution in [3.63, 3.8) is 0 Å². The maximum absolute atomic E-state index is 11.2. The monoisotopic (exact) mass is 297 g/mol. The molecule has 0 aliphatic carbocycles. The van der Waals surface area contributed by atoms with Crippen molar-refractivity contribution < 1.29 is 18.8 Å². The van der Waals surface area contributed by atoms with E-state index in [0.717, 1.165) is 19.5 Å². The molecule has 1 amide bonds. The number of nitrogens with zero attached hydrogens (tertiary/aromatic N) is 2. The molecule has 120 valence electrons. The standard InChI is InChI=1S/C10H20NO2.C6H9NO/c1-7-11(5,6)9(4)13-10(12)8(2)3;1-2-7-5-3-4-6(7)8/h9H,2,7H2,1,3-6H3;2H,1,3-5H2/q+1;. The lowest BCUT2D eigenvalue weighted by atomic mass is 10.3. The van der Waals surface area contributed by atoms with Crippen molar-refractivity contribution >= 4 is 11.9 Å². The van der Waals surface area contributed by atoms with Gasteiger partial charge >= 0.3 is 5.97 Å². The Morgan fingerprint density at radius 1 is 1.52 bits per heavy atom. The summed E-state index contributed by atoms with van der Waals surface area (Å²) in [6, 6.07) is 0. The molecular weight excluding hydrogens is 268 g/mol. The number of likely N-dealkylation sites (tertiary alicyclic amines) is 1. The minimum absolute atomic E-state index is 0.130. The van der Waals surface area contributed by atoms with Crippen molar-refractivity contribution in [2.24, 2.45) is 0 Å². The van der Waals surface area contributed by atoms with E-state index in [2.05, 4.69) is 20.1 Å². The van der Waals surface area contributed by atoms with Gasteiger partial charge in [0.05, 0.1) is 20.6 Å². The van der Waals surface area contributed by atoms with E-state index in [0.29, 0.717) is 16.5 Å². The lowest BCUT2D eigenvalue weighted by Gasteiger charge is -2.33. The Morgan fingerprint density at radius 3 is 2.38 bits per heavy atom. The van der Waals surface area contributed by atoms with Crippen LogP contribution >= 0.6 is 0 Å². The van der Waals surface area contributed by atoms with Crippen LogP contribution in [-0.4, -0.2) is 54.7 Å². The van der Waals surface area contributed by atoms with Gasteiger partial charge in [-0.2, -0.15) is 0 Å². The van der Waals surface area contributed by atoms with Gasteiger partial charge in [0.15, 0.2) is 0 Å². The van der Waals surface area contributed by atoms with Gasteiger partial charge < -0.3 is 9.64 Å². The number of esters is 1. The molecule has 0 aromatic rings. The number of amides is 1. The van der Waals surface area contributed by atoms with Crippen molar-refractivity contribution in [2.75, 3.05) is 27.2 Å². The molecule has 1 atom stereocenters. The van der Waals surface area contributed by atoms with Gasteiger partial charge in [0.25, 0.3) is 0 Å². The smallest absolute Gasteiger partial charge is 0.337 e. The van der Waals surface area contributed by atoms with Gasteiger partial charge in [-0.3, -0.25) is 9.28 Å². The number of quaternary nitrogens is 1. The molecule has 1 saturated heterocycles. The van der Waals surface area contributed by atoms with Gasteiger partial charge in [0.1, 0.15) is 0 Å². The van der Waals surface area contributed by atoms with Gasteiger partial charge in [-0.1, -0.05) is 13.2 Å². The highest BCUT2D eigenvalue weighted by Gasteiger charge is 2.25. The van der Waals surface area contributed by atoms with Crippen molar-refractivity contribution in [1.29, 1.82) is 0 Å². The Balaban J connectivity index is 0.000000423. The average Bonchev–Trinajstić information content (AvgIpc) is 2.84. The molecule has 0 radical (unpaired) electrons. The molecule has 1 aliphatic heterocycles. The first-order valence-electron chi connectivity index (χ1n) is 7.26. The zero-order valence-electron chi connectivity index (χ0n) is 14.0. The van der Waals surface area contributed by atoms with E-state index in [1.807, 2.05) is 21.0 Å². The molecule has 0 N–H and O–H groups in total. The average molecular weight is 297 g/mol. The van der Waals surface area contributed by atoms with E-state index in [9.17, 15) is 9.59 Å². The molecule has 1 aliphatic rings. The molecule has 0 bridgehead atoms. The maximum atomic E-state index is 11.2. The summed E-state index contributed by atoms with van der Waals surface area (Å²) in [6.45, 7) is 14.4. The highest BCUT2D eigenvalue weighted by molar-refractivity contribution is 5.86. The fraction of sp³-hybridized carbons (Fsp3) is 0.625. The first-order valence-corrected chi connectivity index (χ1v) is 7.26. The number of ether oxygens (including phenoxy) is 1. The van der Waals surface area contributed by atoms with Crippen molar-refractivity contribution in [1.82, 2.24) is 4.90 Å². The number of hydrogen-bond acceptors (Lipinski definition) is 3. The van der Waals surface area contributed by atoms with Crippen LogP contribution in [0.15, 0.2) is 24.9 Å². The van der Waals surface area contributed by atoms with Crippen LogP contribution in [0.5, 0.6) is 0 Å². The summed E-state index contributed by atoms with van der Waals surface area (Å²) in [4.78, 5) is 23.5. The quantitative estimate of drug-likeness (QED) is 0.338. The molecule has 5 heteroatoms. The van der Waals surface area contributed by atoms with Crippen molar-refractivity contribution in [3.8, 4) is 0 Å². The van der Waals surface area contributed by atoms with E-state index in [4.69, 9.17) is 4.74 Å². The SMILES string of the molecule is C=C(C)C(=O)OC(C)[N+](C)(C)CC.C=CN1CCCC1=O. The van der Waals surface area contributed by atoms with Crippen LogP contribution in [0.2, 0.25) is 0 Å². The topological polar surface area (TPSA) is 46.6 Å². The molecule has 0 spiro atoms. The lowest BCUT2D eigenvalue weighted by molar-refractivity contribution is -0.931. The molecular formula is C16H29N2O3+. The fourth-order valence-electron chi connectivity index (χ4n) is 1.52. The Morgan fingerprint density at radius 2 is 2.10 bits per heavy atom. The third-order valence-corrected chi connectivity index (χ3v) is 3.76. The summed E-state index contributed by atoms with van der Waals surface area (Å²) in [6.07, 6.45) is 3.15. The van der Waals surface area contributed by atoms with E-state index < -0.39 is 0 Å². The van der Waals surface area contributed by atoms with Crippen LogP contribution in [0.25, 0.3) is 0 Å². The number of rotatable bonds is 5. The van der Waals surface area contributed by atoms with E-state index in [1.165, 1.54) is 0 Å². The lowest BCUT2D eigenvalue weighted by Crippen LogP contribution is -2.49. The minimum atomic E-state index is -0.313. The van der Waals surface area contributed by atoms with Crippen LogP contribution in [-0.2, 0) is 14.3 Å². The van der Waals surface area contributed by atoms with Gasteiger partial charge in [-0.05, 0) is 26.5 Å². The third-order valence-electron chi connectivity index (χ3n) is 3.76. The molecule has 0 aromatic heterocycles. The molecule has 1 rings (SSSR count). The van der Waals surface area contributed by atoms with Gasteiger partial charge in [0.2, 0.25) is 12.1 Å². The summed E-state index contributed by atoms with van der Waals surface area (Å²) in [5.41, 5.74) is 0.447. The molecule has 1 unspecified atom stereocenters. The molecule has 1 fully saturated rings. The zero-order valence-corrected chi connectivity index (χ0v) is 14.0.